The first-order valence-electron chi connectivity index (χ1n) is 12.7. The van der Waals surface area contributed by atoms with Gasteiger partial charge in [0.25, 0.3) is 0 Å². The van der Waals surface area contributed by atoms with E-state index in [1.165, 1.54) is 29.5 Å². The molecule has 10 nitrogen and oxygen atoms in total. The lowest BCUT2D eigenvalue weighted by molar-refractivity contribution is -0.274. The Morgan fingerprint density at radius 3 is 2.46 bits per heavy atom. The van der Waals surface area contributed by atoms with Crippen molar-refractivity contribution >= 4 is 34.1 Å². The molecule has 1 fully saturated rings. The monoisotopic (exact) mass is 583 g/mol. The van der Waals surface area contributed by atoms with Crippen molar-refractivity contribution in [2.24, 2.45) is 5.92 Å². The zero-order valence-electron chi connectivity index (χ0n) is 21.5. The summed E-state index contributed by atoms with van der Waals surface area (Å²) in [6.45, 7) is 0. The number of carbonyl (C=O) groups is 2. The van der Waals surface area contributed by atoms with Crippen molar-refractivity contribution in [2.45, 2.75) is 44.4 Å². The van der Waals surface area contributed by atoms with Gasteiger partial charge >= 0.3 is 6.36 Å². The largest absolute Gasteiger partial charge is 0.573 e. The predicted molar refractivity (Wildman–Crippen MR) is 143 cm³/mol. The second-order valence-electron chi connectivity index (χ2n) is 9.56. The maximum absolute atomic E-state index is 12.4. The number of alkyl halides is 3. The maximum atomic E-state index is 12.4. The number of carbonyl (C=O) groups excluding carboxylic acids is 2. The maximum Gasteiger partial charge on any atom is 0.573 e. The third kappa shape index (κ3) is 8.27. The van der Waals surface area contributed by atoms with Crippen molar-refractivity contribution in [3.05, 3.63) is 82.8 Å². The summed E-state index contributed by atoms with van der Waals surface area (Å²) in [5.41, 5.74) is 1.82. The molecular weight excluding hydrogens is 559 g/mol. The normalized spacial score (nSPS) is 16.5. The zero-order chi connectivity index (χ0) is 28.8. The van der Waals surface area contributed by atoms with Gasteiger partial charge in [-0.15, -0.1) is 28.5 Å². The fraction of sp³-hybridized carbons (Fsp3) is 0.296. The summed E-state index contributed by atoms with van der Waals surface area (Å²) < 4.78 is 41.1. The SMILES string of the molecule is O=C(Cc1cccc(OC(F)(F)F)c1)Nc1ccc(CC2CC(c3nnc(NC(=O)Cc4ccccn4)s3)C2)nn1. The summed E-state index contributed by atoms with van der Waals surface area (Å²) in [5.74, 6) is -0.111. The molecule has 0 aliphatic heterocycles. The molecule has 2 N–H and O–H groups in total. The van der Waals surface area contributed by atoms with E-state index < -0.39 is 12.3 Å². The molecule has 0 spiro atoms. The standard InChI is InChI=1S/C27H24F3N7O3S/c28-27(29,30)40-21-6-3-4-16(13-21)14-23(38)32-22-8-7-20(34-35-22)12-17-10-18(11-17)25-36-37-26(41-25)33-24(39)15-19-5-1-2-9-31-19/h1-9,13,17-18H,10-12,14-15H2,(H,32,35,38)(H,33,37,39). The highest BCUT2D eigenvalue weighted by Crippen LogP contribution is 2.44. The lowest BCUT2D eigenvalue weighted by Gasteiger charge is -2.33. The lowest BCUT2D eigenvalue weighted by Crippen LogP contribution is -2.24. The summed E-state index contributed by atoms with van der Waals surface area (Å²) in [5, 5.41) is 23.3. The fourth-order valence-electron chi connectivity index (χ4n) is 4.44. The minimum atomic E-state index is -4.81. The molecule has 1 saturated carbocycles. The molecule has 0 atom stereocenters. The van der Waals surface area contributed by atoms with Crippen LogP contribution in [-0.4, -0.2) is 43.6 Å². The van der Waals surface area contributed by atoms with E-state index in [1.54, 1.807) is 30.5 Å². The average Bonchev–Trinajstić information content (AvgIpc) is 3.34. The van der Waals surface area contributed by atoms with E-state index in [1.807, 2.05) is 6.07 Å². The molecule has 3 heterocycles. The first-order valence-corrected chi connectivity index (χ1v) is 13.5. The van der Waals surface area contributed by atoms with Gasteiger partial charge in [0.15, 0.2) is 5.82 Å². The van der Waals surface area contributed by atoms with Crippen LogP contribution in [0.15, 0.2) is 60.8 Å². The van der Waals surface area contributed by atoms with Crippen LogP contribution in [0.25, 0.3) is 0 Å². The van der Waals surface area contributed by atoms with Crippen molar-refractivity contribution in [1.29, 1.82) is 0 Å². The highest BCUT2D eigenvalue weighted by molar-refractivity contribution is 7.15. The first kappa shape index (κ1) is 28.1. The number of nitrogens with one attached hydrogen (secondary N) is 2. The lowest BCUT2D eigenvalue weighted by atomic mass is 9.73. The molecule has 0 radical (unpaired) electrons. The van der Waals surface area contributed by atoms with Gasteiger partial charge in [0.1, 0.15) is 10.8 Å². The molecule has 14 heteroatoms. The molecule has 1 aliphatic carbocycles. The Kier molecular flexibility index (Phi) is 8.47. The Morgan fingerprint density at radius 2 is 1.73 bits per heavy atom. The topological polar surface area (TPSA) is 132 Å². The van der Waals surface area contributed by atoms with Crippen molar-refractivity contribution in [1.82, 2.24) is 25.4 Å². The Labute approximate surface area is 236 Å². The minimum Gasteiger partial charge on any atom is -0.406 e. The summed E-state index contributed by atoms with van der Waals surface area (Å²) in [6, 6.07) is 14.1. The van der Waals surface area contributed by atoms with Crippen LogP contribution in [0.3, 0.4) is 0 Å². The second-order valence-corrected chi connectivity index (χ2v) is 10.6. The average molecular weight is 584 g/mol. The van der Waals surface area contributed by atoms with Crippen LogP contribution in [0.4, 0.5) is 24.1 Å². The van der Waals surface area contributed by atoms with Gasteiger partial charge < -0.3 is 15.4 Å². The Balaban J connectivity index is 1.04. The molecule has 1 aromatic carbocycles. The molecule has 3 aromatic heterocycles. The van der Waals surface area contributed by atoms with Gasteiger partial charge in [-0.05, 0) is 67.1 Å². The molecule has 212 valence electrons. The zero-order valence-corrected chi connectivity index (χ0v) is 22.3. The molecule has 2 amide bonds. The van der Waals surface area contributed by atoms with Gasteiger partial charge in [0.2, 0.25) is 16.9 Å². The van der Waals surface area contributed by atoms with Crippen molar-refractivity contribution in [2.75, 3.05) is 10.6 Å². The van der Waals surface area contributed by atoms with Crippen LogP contribution in [0.1, 0.15) is 40.7 Å². The van der Waals surface area contributed by atoms with Gasteiger partial charge in [0, 0.05) is 17.8 Å². The highest BCUT2D eigenvalue weighted by Gasteiger charge is 2.33. The van der Waals surface area contributed by atoms with Crippen molar-refractivity contribution in [3.63, 3.8) is 0 Å². The van der Waals surface area contributed by atoms with E-state index in [9.17, 15) is 22.8 Å². The smallest absolute Gasteiger partial charge is 0.406 e. The molecule has 0 saturated heterocycles. The van der Waals surface area contributed by atoms with Gasteiger partial charge in [-0.3, -0.25) is 14.6 Å². The van der Waals surface area contributed by atoms with Crippen LogP contribution in [0.2, 0.25) is 0 Å². The molecular formula is C27H24F3N7O3S. The number of rotatable bonds is 10. The van der Waals surface area contributed by atoms with Crippen molar-refractivity contribution in [3.8, 4) is 5.75 Å². The fourth-order valence-corrected chi connectivity index (χ4v) is 5.33. The molecule has 5 rings (SSSR count). The Bertz CT molecular complexity index is 1490. The quantitative estimate of drug-likeness (QED) is 0.274. The van der Waals surface area contributed by atoms with E-state index in [0.29, 0.717) is 22.3 Å². The highest BCUT2D eigenvalue weighted by atomic mass is 32.1. The minimum absolute atomic E-state index is 0.150. The van der Waals surface area contributed by atoms with Crippen LogP contribution < -0.4 is 15.4 Å². The number of hydrogen-bond acceptors (Lipinski definition) is 9. The molecule has 0 bridgehead atoms. The summed E-state index contributed by atoms with van der Waals surface area (Å²) in [4.78, 5) is 28.7. The van der Waals surface area contributed by atoms with E-state index in [-0.39, 0.29) is 36.2 Å². The van der Waals surface area contributed by atoms with Gasteiger partial charge in [0.05, 0.1) is 18.5 Å². The number of nitrogens with zero attached hydrogens (tertiary/aromatic N) is 5. The molecule has 1 aliphatic rings. The number of hydrogen-bond donors (Lipinski definition) is 2. The first-order chi connectivity index (χ1) is 19.7. The number of halogens is 3. The molecule has 41 heavy (non-hydrogen) atoms. The second kappa shape index (κ2) is 12.4. The van der Waals surface area contributed by atoms with E-state index in [2.05, 4.69) is 40.7 Å². The van der Waals surface area contributed by atoms with Gasteiger partial charge in [-0.1, -0.05) is 29.5 Å². The number of benzene rings is 1. The third-order valence-electron chi connectivity index (χ3n) is 6.32. The number of amides is 2. The third-order valence-corrected chi connectivity index (χ3v) is 7.32. The molecule has 4 aromatic rings. The number of anilines is 2. The van der Waals surface area contributed by atoms with E-state index in [4.69, 9.17) is 0 Å². The predicted octanol–water partition coefficient (Wildman–Crippen LogP) is 4.72. The van der Waals surface area contributed by atoms with Crippen LogP contribution in [0.5, 0.6) is 5.75 Å². The van der Waals surface area contributed by atoms with E-state index in [0.717, 1.165) is 36.0 Å². The Hall–Kier alpha value is -4.46. The van der Waals surface area contributed by atoms with Crippen molar-refractivity contribution < 1.29 is 27.5 Å². The van der Waals surface area contributed by atoms with Crippen LogP contribution in [-0.2, 0) is 28.9 Å². The summed E-state index contributed by atoms with van der Waals surface area (Å²) >= 11 is 1.38. The molecule has 0 unspecified atom stereocenters. The number of aromatic nitrogens is 5. The van der Waals surface area contributed by atoms with Gasteiger partial charge in [-0.2, -0.15) is 5.10 Å². The summed E-state index contributed by atoms with van der Waals surface area (Å²) in [7, 11) is 0. The number of pyridine rings is 1. The van der Waals surface area contributed by atoms with Gasteiger partial charge in [-0.25, -0.2) is 0 Å². The number of ether oxygens (including phenoxy) is 1. The summed E-state index contributed by atoms with van der Waals surface area (Å²) in [6.07, 6.45) is -0.606. The van der Waals surface area contributed by atoms with Crippen LogP contribution >= 0.6 is 11.3 Å². The van der Waals surface area contributed by atoms with Crippen LogP contribution in [0, 0.1) is 5.92 Å². The Morgan fingerprint density at radius 1 is 0.902 bits per heavy atom. The van der Waals surface area contributed by atoms with E-state index >= 15 is 0 Å².